The van der Waals surface area contributed by atoms with E-state index in [1.54, 1.807) is 18.2 Å². The van der Waals surface area contributed by atoms with E-state index in [9.17, 15) is 14.7 Å². The Morgan fingerprint density at radius 2 is 1.65 bits per heavy atom. The maximum Gasteiger partial charge on any atom is 0.342 e. The van der Waals surface area contributed by atoms with Gasteiger partial charge in [0.15, 0.2) is 6.61 Å². The van der Waals surface area contributed by atoms with Crippen LogP contribution in [-0.2, 0) is 16.1 Å². The number of fused-ring (bicyclic) bond motifs is 1. The molecule has 0 aliphatic carbocycles. The van der Waals surface area contributed by atoms with Crippen molar-refractivity contribution in [2.24, 2.45) is 0 Å². The van der Waals surface area contributed by atoms with Gasteiger partial charge in [0.05, 0.1) is 0 Å². The molecule has 0 atom stereocenters. The molecule has 0 aliphatic heterocycles. The highest BCUT2D eigenvalue weighted by Gasteiger charge is 2.15. The summed E-state index contributed by atoms with van der Waals surface area (Å²) in [6, 6.07) is 17.5. The fraction of sp³-hybridized carbons (Fsp3) is 0.100. The second-order valence-electron chi connectivity index (χ2n) is 5.66. The standard InChI is InChI=1S/C20H16ClNO4/c21-17-8-4-3-7-15(17)11-22-19(24)12-26-20(25)16-9-13-5-1-2-6-14(13)10-18(16)23/h1-10,23H,11-12H2,(H,22,24). The van der Waals surface area contributed by atoms with Crippen molar-refractivity contribution in [2.45, 2.75) is 6.54 Å². The monoisotopic (exact) mass is 369 g/mol. The molecule has 3 aromatic rings. The highest BCUT2D eigenvalue weighted by Crippen LogP contribution is 2.25. The Morgan fingerprint density at radius 3 is 2.38 bits per heavy atom. The number of esters is 1. The molecule has 6 heteroatoms. The average molecular weight is 370 g/mol. The number of rotatable bonds is 5. The van der Waals surface area contributed by atoms with Gasteiger partial charge in [0.25, 0.3) is 5.91 Å². The molecule has 5 nitrogen and oxygen atoms in total. The van der Waals surface area contributed by atoms with E-state index < -0.39 is 18.5 Å². The fourth-order valence-electron chi connectivity index (χ4n) is 2.49. The molecular formula is C20H16ClNO4. The first kappa shape index (κ1) is 17.8. The molecule has 0 saturated heterocycles. The largest absolute Gasteiger partial charge is 0.507 e. The van der Waals surface area contributed by atoms with Crippen LogP contribution >= 0.6 is 11.6 Å². The second kappa shape index (κ2) is 7.89. The molecule has 3 aromatic carbocycles. The minimum Gasteiger partial charge on any atom is -0.507 e. The van der Waals surface area contributed by atoms with Gasteiger partial charge in [-0.15, -0.1) is 0 Å². The van der Waals surface area contributed by atoms with E-state index in [0.717, 1.165) is 16.3 Å². The van der Waals surface area contributed by atoms with E-state index in [1.165, 1.54) is 12.1 Å². The molecule has 0 saturated carbocycles. The topological polar surface area (TPSA) is 75.6 Å². The van der Waals surface area contributed by atoms with Crippen LogP contribution in [0, 0.1) is 0 Å². The van der Waals surface area contributed by atoms with Gasteiger partial charge in [0.2, 0.25) is 0 Å². The van der Waals surface area contributed by atoms with Gasteiger partial charge < -0.3 is 15.2 Å². The average Bonchev–Trinajstić information content (AvgIpc) is 2.65. The van der Waals surface area contributed by atoms with E-state index in [-0.39, 0.29) is 17.9 Å². The van der Waals surface area contributed by atoms with Gasteiger partial charge in [-0.3, -0.25) is 4.79 Å². The van der Waals surface area contributed by atoms with Crippen molar-refractivity contribution in [3.63, 3.8) is 0 Å². The van der Waals surface area contributed by atoms with Gasteiger partial charge in [0, 0.05) is 11.6 Å². The van der Waals surface area contributed by atoms with Crippen molar-refractivity contribution >= 4 is 34.2 Å². The molecule has 0 aromatic heterocycles. The third-order valence-electron chi connectivity index (χ3n) is 3.85. The Labute approximate surface area is 155 Å². The lowest BCUT2D eigenvalue weighted by Gasteiger charge is -2.09. The molecule has 2 N–H and O–H groups in total. The van der Waals surface area contributed by atoms with Gasteiger partial charge in [-0.2, -0.15) is 0 Å². The normalized spacial score (nSPS) is 10.5. The lowest BCUT2D eigenvalue weighted by atomic mass is 10.1. The van der Waals surface area contributed by atoms with Crippen molar-refractivity contribution < 1.29 is 19.4 Å². The van der Waals surface area contributed by atoms with E-state index in [1.807, 2.05) is 30.3 Å². The number of nitrogens with one attached hydrogen (secondary N) is 1. The van der Waals surface area contributed by atoms with E-state index >= 15 is 0 Å². The molecule has 1 amide bonds. The van der Waals surface area contributed by atoms with Crippen molar-refractivity contribution in [2.75, 3.05) is 6.61 Å². The second-order valence-corrected chi connectivity index (χ2v) is 6.07. The van der Waals surface area contributed by atoms with Gasteiger partial charge in [-0.05, 0) is 34.5 Å². The molecule has 26 heavy (non-hydrogen) atoms. The Balaban J connectivity index is 1.59. The van der Waals surface area contributed by atoms with Crippen molar-refractivity contribution in [1.82, 2.24) is 5.32 Å². The summed E-state index contributed by atoms with van der Waals surface area (Å²) in [5.74, 6) is -1.41. The number of aromatic hydroxyl groups is 1. The van der Waals surface area contributed by atoms with Crippen molar-refractivity contribution in [1.29, 1.82) is 0 Å². The van der Waals surface area contributed by atoms with E-state index in [2.05, 4.69) is 5.32 Å². The lowest BCUT2D eigenvalue weighted by molar-refractivity contribution is -0.124. The van der Waals surface area contributed by atoms with Crippen LogP contribution in [0.4, 0.5) is 0 Å². The minimum atomic E-state index is -0.763. The van der Waals surface area contributed by atoms with Crippen molar-refractivity contribution in [3.8, 4) is 5.75 Å². The highest BCUT2D eigenvalue weighted by molar-refractivity contribution is 6.31. The first-order valence-corrected chi connectivity index (χ1v) is 8.31. The third-order valence-corrected chi connectivity index (χ3v) is 4.22. The SMILES string of the molecule is O=C(COC(=O)c1cc2ccccc2cc1O)NCc1ccccc1Cl. The molecule has 0 fully saturated rings. The third kappa shape index (κ3) is 4.13. The Bertz CT molecular complexity index is 971. The van der Waals surface area contributed by atoms with Crippen LogP contribution in [0.3, 0.4) is 0 Å². The number of amides is 1. The van der Waals surface area contributed by atoms with Gasteiger partial charge >= 0.3 is 5.97 Å². The van der Waals surface area contributed by atoms with Crippen LogP contribution in [0.1, 0.15) is 15.9 Å². The minimum absolute atomic E-state index is 0.0163. The van der Waals surface area contributed by atoms with Crippen LogP contribution in [0.15, 0.2) is 60.7 Å². The van der Waals surface area contributed by atoms with Crippen molar-refractivity contribution in [3.05, 3.63) is 76.8 Å². The maximum atomic E-state index is 12.2. The summed E-state index contributed by atoms with van der Waals surface area (Å²) in [7, 11) is 0. The van der Waals surface area contributed by atoms with Gasteiger partial charge in [0.1, 0.15) is 11.3 Å². The zero-order valence-electron chi connectivity index (χ0n) is 13.7. The summed E-state index contributed by atoms with van der Waals surface area (Å²) in [5.41, 5.74) is 0.781. The number of carbonyl (C=O) groups is 2. The van der Waals surface area contributed by atoms with Gasteiger partial charge in [-0.25, -0.2) is 4.79 Å². The molecule has 0 bridgehead atoms. The Morgan fingerprint density at radius 1 is 1.00 bits per heavy atom. The summed E-state index contributed by atoms with van der Waals surface area (Å²) < 4.78 is 4.99. The fourth-order valence-corrected chi connectivity index (χ4v) is 2.69. The summed E-state index contributed by atoms with van der Waals surface area (Å²) in [6.07, 6.45) is 0. The molecule has 0 heterocycles. The number of hydrogen-bond acceptors (Lipinski definition) is 4. The van der Waals surface area contributed by atoms with Gasteiger partial charge in [-0.1, -0.05) is 54.1 Å². The number of phenols is 1. The highest BCUT2D eigenvalue weighted by atomic mass is 35.5. The summed E-state index contributed by atoms with van der Waals surface area (Å²) in [5, 5.41) is 14.8. The zero-order chi connectivity index (χ0) is 18.5. The molecule has 0 radical (unpaired) electrons. The smallest absolute Gasteiger partial charge is 0.342 e. The predicted octanol–water partition coefficient (Wildman–Crippen LogP) is 3.67. The van der Waals surface area contributed by atoms with Crippen LogP contribution in [0.5, 0.6) is 5.75 Å². The summed E-state index contributed by atoms with van der Waals surface area (Å²) in [4.78, 5) is 24.0. The first-order chi connectivity index (χ1) is 12.5. The predicted molar refractivity (Wildman–Crippen MR) is 99.2 cm³/mol. The lowest BCUT2D eigenvalue weighted by Crippen LogP contribution is -2.28. The molecule has 0 aliphatic rings. The zero-order valence-corrected chi connectivity index (χ0v) is 14.5. The molecule has 0 spiro atoms. The number of halogens is 1. The van der Waals surface area contributed by atoms with E-state index in [0.29, 0.717) is 5.02 Å². The van der Waals surface area contributed by atoms with Crippen LogP contribution in [0.2, 0.25) is 5.02 Å². The summed E-state index contributed by atoms with van der Waals surface area (Å²) >= 11 is 6.02. The maximum absolute atomic E-state index is 12.2. The number of hydrogen-bond donors (Lipinski definition) is 2. The molecular weight excluding hydrogens is 354 g/mol. The number of carbonyl (C=O) groups excluding carboxylic acids is 2. The Kier molecular flexibility index (Phi) is 5.39. The quantitative estimate of drug-likeness (QED) is 0.673. The molecule has 132 valence electrons. The molecule has 0 unspecified atom stereocenters. The van der Waals surface area contributed by atoms with Crippen LogP contribution in [-0.4, -0.2) is 23.6 Å². The van der Waals surface area contributed by atoms with E-state index in [4.69, 9.17) is 16.3 Å². The molecule has 3 rings (SSSR count). The number of benzene rings is 3. The van der Waals surface area contributed by atoms with Crippen LogP contribution < -0.4 is 5.32 Å². The Hall–Kier alpha value is -3.05. The number of phenolic OH excluding ortho intramolecular Hbond substituents is 1. The summed E-state index contributed by atoms with van der Waals surface area (Å²) in [6.45, 7) is -0.215. The van der Waals surface area contributed by atoms with Crippen LogP contribution in [0.25, 0.3) is 10.8 Å². The first-order valence-electron chi connectivity index (χ1n) is 7.93. The number of ether oxygens (including phenoxy) is 1.